The highest BCUT2D eigenvalue weighted by atomic mass is 32.1. The van der Waals surface area contributed by atoms with E-state index < -0.39 is 0 Å². The first-order chi connectivity index (χ1) is 6.15. The standard InChI is InChI=1S/C10H12O2S/c1-3-12-10(11)8-4-5-9(13)7(2)6-8/h4-6,13H,3H2,1-2H3. The maximum absolute atomic E-state index is 11.3. The molecule has 70 valence electrons. The van der Waals surface area contributed by atoms with E-state index in [0.29, 0.717) is 12.2 Å². The summed E-state index contributed by atoms with van der Waals surface area (Å²) in [6.07, 6.45) is 0. The second-order valence-corrected chi connectivity index (χ2v) is 3.20. The fourth-order valence-electron chi connectivity index (χ4n) is 0.997. The second kappa shape index (κ2) is 4.33. The second-order valence-electron chi connectivity index (χ2n) is 2.72. The molecule has 0 atom stereocenters. The summed E-state index contributed by atoms with van der Waals surface area (Å²) in [4.78, 5) is 12.1. The van der Waals surface area contributed by atoms with Gasteiger partial charge in [0, 0.05) is 4.90 Å². The molecule has 0 aliphatic heterocycles. The van der Waals surface area contributed by atoms with E-state index in [1.54, 1.807) is 25.1 Å². The zero-order valence-electron chi connectivity index (χ0n) is 7.70. The van der Waals surface area contributed by atoms with Gasteiger partial charge in [0.05, 0.1) is 12.2 Å². The van der Waals surface area contributed by atoms with Crippen LogP contribution in [-0.2, 0) is 4.74 Å². The summed E-state index contributed by atoms with van der Waals surface area (Å²) in [5.74, 6) is -0.279. The van der Waals surface area contributed by atoms with Crippen LogP contribution in [0.2, 0.25) is 0 Å². The fraction of sp³-hybridized carbons (Fsp3) is 0.300. The molecule has 0 saturated carbocycles. The minimum atomic E-state index is -0.279. The minimum Gasteiger partial charge on any atom is -0.462 e. The Balaban J connectivity index is 2.90. The van der Waals surface area contributed by atoms with Crippen LogP contribution in [0.25, 0.3) is 0 Å². The summed E-state index contributed by atoms with van der Waals surface area (Å²) >= 11 is 4.21. The van der Waals surface area contributed by atoms with E-state index in [1.807, 2.05) is 6.92 Å². The van der Waals surface area contributed by atoms with Gasteiger partial charge in [-0.15, -0.1) is 12.6 Å². The number of carbonyl (C=O) groups excluding carboxylic acids is 1. The third kappa shape index (κ3) is 2.49. The van der Waals surface area contributed by atoms with Crippen LogP contribution in [0.3, 0.4) is 0 Å². The molecule has 0 fully saturated rings. The van der Waals surface area contributed by atoms with Crippen molar-refractivity contribution in [3.63, 3.8) is 0 Å². The third-order valence-corrected chi connectivity index (χ3v) is 2.21. The number of esters is 1. The Kier molecular flexibility index (Phi) is 3.37. The monoisotopic (exact) mass is 196 g/mol. The quantitative estimate of drug-likeness (QED) is 0.581. The van der Waals surface area contributed by atoms with Crippen molar-refractivity contribution in [2.24, 2.45) is 0 Å². The lowest BCUT2D eigenvalue weighted by Crippen LogP contribution is -2.04. The zero-order chi connectivity index (χ0) is 9.84. The van der Waals surface area contributed by atoms with Crippen molar-refractivity contribution < 1.29 is 9.53 Å². The Hall–Kier alpha value is -0.960. The van der Waals surface area contributed by atoms with Gasteiger partial charge in [-0.1, -0.05) is 0 Å². The highest BCUT2D eigenvalue weighted by molar-refractivity contribution is 7.80. The highest BCUT2D eigenvalue weighted by Crippen LogP contribution is 2.14. The molecule has 2 nitrogen and oxygen atoms in total. The first-order valence-electron chi connectivity index (χ1n) is 4.12. The smallest absolute Gasteiger partial charge is 0.338 e. The van der Waals surface area contributed by atoms with E-state index in [1.165, 1.54) is 0 Å². The molecule has 0 radical (unpaired) electrons. The molecular weight excluding hydrogens is 184 g/mol. The van der Waals surface area contributed by atoms with Gasteiger partial charge in [0.15, 0.2) is 0 Å². The molecule has 0 aromatic heterocycles. The lowest BCUT2D eigenvalue weighted by molar-refractivity contribution is 0.0526. The van der Waals surface area contributed by atoms with Crippen molar-refractivity contribution in [3.05, 3.63) is 29.3 Å². The average molecular weight is 196 g/mol. The Labute approximate surface area is 83.3 Å². The molecule has 0 unspecified atom stereocenters. The number of thiol groups is 1. The fourth-order valence-corrected chi connectivity index (χ4v) is 1.14. The molecule has 1 aromatic carbocycles. The van der Waals surface area contributed by atoms with Gasteiger partial charge < -0.3 is 4.74 Å². The number of carbonyl (C=O) groups is 1. The van der Waals surface area contributed by atoms with Gasteiger partial charge in [0.1, 0.15) is 0 Å². The van der Waals surface area contributed by atoms with Crippen LogP contribution in [0.1, 0.15) is 22.8 Å². The summed E-state index contributed by atoms with van der Waals surface area (Å²) in [6, 6.07) is 5.29. The Bertz CT molecular complexity index is 321. The van der Waals surface area contributed by atoms with Crippen molar-refractivity contribution in [1.29, 1.82) is 0 Å². The van der Waals surface area contributed by atoms with Crippen LogP contribution >= 0.6 is 12.6 Å². The maximum Gasteiger partial charge on any atom is 0.338 e. The lowest BCUT2D eigenvalue weighted by atomic mass is 10.1. The topological polar surface area (TPSA) is 26.3 Å². The van der Waals surface area contributed by atoms with Crippen LogP contribution in [0.4, 0.5) is 0 Å². The number of ether oxygens (including phenoxy) is 1. The number of aryl methyl sites for hydroxylation is 1. The summed E-state index contributed by atoms with van der Waals surface area (Å²) in [7, 11) is 0. The van der Waals surface area contributed by atoms with Gasteiger partial charge in [-0.2, -0.15) is 0 Å². The number of benzene rings is 1. The van der Waals surface area contributed by atoms with Gasteiger partial charge in [-0.25, -0.2) is 4.79 Å². The minimum absolute atomic E-state index is 0.279. The molecule has 13 heavy (non-hydrogen) atoms. The molecule has 0 amide bonds. The lowest BCUT2D eigenvalue weighted by Gasteiger charge is -2.03. The van der Waals surface area contributed by atoms with E-state index >= 15 is 0 Å². The van der Waals surface area contributed by atoms with Crippen LogP contribution in [0.5, 0.6) is 0 Å². The van der Waals surface area contributed by atoms with Gasteiger partial charge in [-0.05, 0) is 37.6 Å². The number of rotatable bonds is 2. The third-order valence-electron chi connectivity index (χ3n) is 1.71. The van der Waals surface area contributed by atoms with Crippen molar-refractivity contribution in [2.45, 2.75) is 18.7 Å². The van der Waals surface area contributed by atoms with Crippen molar-refractivity contribution >= 4 is 18.6 Å². The largest absolute Gasteiger partial charge is 0.462 e. The molecule has 0 spiro atoms. The predicted molar refractivity (Wildman–Crippen MR) is 54.4 cm³/mol. The highest BCUT2D eigenvalue weighted by Gasteiger charge is 2.06. The molecule has 0 saturated heterocycles. The summed E-state index contributed by atoms with van der Waals surface area (Å²) in [5.41, 5.74) is 1.56. The molecule has 0 aliphatic carbocycles. The Morgan fingerprint density at radius 1 is 1.54 bits per heavy atom. The summed E-state index contributed by atoms with van der Waals surface area (Å²) < 4.78 is 4.86. The van der Waals surface area contributed by atoms with E-state index in [-0.39, 0.29) is 5.97 Å². The number of hydrogen-bond acceptors (Lipinski definition) is 3. The molecule has 0 N–H and O–H groups in total. The Morgan fingerprint density at radius 2 is 2.23 bits per heavy atom. The van der Waals surface area contributed by atoms with Crippen LogP contribution in [0, 0.1) is 6.92 Å². The van der Waals surface area contributed by atoms with Gasteiger partial charge in [0.25, 0.3) is 0 Å². The molecule has 0 heterocycles. The van der Waals surface area contributed by atoms with Crippen LogP contribution < -0.4 is 0 Å². The molecule has 1 aromatic rings. The summed E-state index contributed by atoms with van der Waals surface area (Å²) in [5, 5.41) is 0. The van der Waals surface area contributed by atoms with Crippen LogP contribution in [-0.4, -0.2) is 12.6 Å². The van der Waals surface area contributed by atoms with Crippen molar-refractivity contribution in [3.8, 4) is 0 Å². The SMILES string of the molecule is CCOC(=O)c1ccc(S)c(C)c1. The number of hydrogen-bond donors (Lipinski definition) is 1. The first-order valence-corrected chi connectivity index (χ1v) is 4.56. The van der Waals surface area contributed by atoms with E-state index in [9.17, 15) is 4.79 Å². The zero-order valence-corrected chi connectivity index (χ0v) is 8.60. The predicted octanol–water partition coefficient (Wildman–Crippen LogP) is 2.46. The van der Waals surface area contributed by atoms with E-state index in [0.717, 1.165) is 10.5 Å². The molecule has 0 bridgehead atoms. The van der Waals surface area contributed by atoms with Gasteiger partial charge in [0.2, 0.25) is 0 Å². The molecule has 1 rings (SSSR count). The van der Waals surface area contributed by atoms with Gasteiger partial charge in [-0.3, -0.25) is 0 Å². The Morgan fingerprint density at radius 3 is 2.77 bits per heavy atom. The van der Waals surface area contributed by atoms with Crippen molar-refractivity contribution in [1.82, 2.24) is 0 Å². The first kappa shape index (κ1) is 10.1. The normalized spacial score (nSPS) is 9.77. The summed E-state index contributed by atoms with van der Waals surface area (Å²) in [6.45, 7) is 4.10. The maximum atomic E-state index is 11.3. The van der Waals surface area contributed by atoms with E-state index in [4.69, 9.17) is 4.74 Å². The average Bonchev–Trinajstić information content (AvgIpc) is 2.10. The molecule has 3 heteroatoms. The van der Waals surface area contributed by atoms with Crippen molar-refractivity contribution in [2.75, 3.05) is 6.61 Å². The van der Waals surface area contributed by atoms with Gasteiger partial charge >= 0.3 is 5.97 Å². The van der Waals surface area contributed by atoms with Crippen LogP contribution in [0.15, 0.2) is 23.1 Å². The molecule has 0 aliphatic rings. The molecular formula is C10H12O2S. The van der Waals surface area contributed by atoms with E-state index in [2.05, 4.69) is 12.6 Å².